The lowest BCUT2D eigenvalue weighted by Crippen LogP contribution is -2.28. The van der Waals surface area contributed by atoms with E-state index < -0.39 is 6.09 Å². The lowest BCUT2D eigenvalue weighted by Gasteiger charge is -2.16. The number of nitrogens with zero attached hydrogens (tertiary/aromatic N) is 1. The molecule has 1 unspecified atom stereocenters. The quantitative estimate of drug-likeness (QED) is 0.595. The zero-order chi connectivity index (χ0) is 21.5. The normalized spacial score (nSPS) is 16.2. The van der Waals surface area contributed by atoms with Crippen molar-refractivity contribution in [1.82, 2.24) is 10.3 Å². The molecule has 0 radical (unpaired) electrons. The third-order valence-electron chi connectivity index (χ3n) is 4.62. The highest BCUT2D eigenvalue weighted by atomic mass is 16.6. The number of allylic oxidation sites excluding steroid dienone is 3. The van der Waals surface area contributed by atoms with Crippen molar-refractivity contribution in [2.75, 3.05) is 13.7 Å². The molecular weight excluding hydrogens is 376 g/mol. The molecule has 2 aromatic rings. The molecule has 1 aromatic heterocycles. The zero-order valence-electron chi connectivity index (χ0n) is 17.4. The summed E-state index contributed by atoms with van der Waals surface area (Å²) in [6.45, 7) is 8.34. The smallest absolute Gasteiger partial charge is 0.407 e. The van der Waals surface area contributed by atoms with Crippen LogP contribution in [0.2, 0.25) is 0 Å². The highest BCUT2D eigenvalue weighted by Crippen LogP contribution is 2.28. The number of nitrogens with one attached hydrogen (secondary N) is 1. The van der Waals surface area contributed by atoms with E-state index >= 15 is 0 Å². The largest absolute Gasteiger partial charge is 0.497 e. The Labute approximate surface area is 177 Å². The molecule has 5 nitrogen and oxygen atoms in total. The number of aryl methyl sites for hydroxylation is 1. The minimum absolute atomic E-state index is 0.257. The Bertz CT molecular complexity index is 1070. The van der Waals surface area contributed by atoms with E-state index in [-0.39, 0.29) is 12.6 Å². The number of rotatable bonds is 5. The highest BCUT2D eigenvalue weighted by molar-refractivity contribution is 5.83. The van der Waals surface area contributed by atoms with Gasteiger partial charge >= 0.3 is 6.09 Å². The van der Waals surface area contributed by atoms with Crippen LogP contribution < -0.4 is 10.1 Å². The standard InChI is InChI=1S/C25H24N2O3/c1-17(8-12-21-7-5-6-18(2)26-21)9-15-23(19(3)24-16-30-25(28)27-24)20-10-13-22(29-4)14-11-20/h5-7,9-11,13-15,24H,3,16H2,1-2,4H3,(H,27,28). The van der Waals surface area contributed by atoms with Crippen LogP contribution in [0, 0.1) is 18.8 Å². The molecule has 1 N–H and O–H groups in total. The van der Waals surface area contributed by atoms with Crippen molar-refractivity contribution in [3.05, 3.63) is 89.3 Å². The summed E-state index contributed by atoms with van der Waals surface area (Å²) >= 11 is 0. The number of carbonyl (C=O) groups is 1. The molecule has 1 amide bonds. The van der Waals surface area contributed by atoms with Crippen molar-refractivity contribution in [1.29, 1.82) is 0 Å². The first-order chi connectivity index (χ1) is 14.5. The maximum absolute atomic E-state index is 11.5. The Morgan fingerprint density at radius 2 is 2.03 bits per heavy atom. The van der Waals surface area contributed by atoms with Gasteiger partial charge in [0.2, 0.25) is 0 Å². The molecule has 2 heterocycles. The first kappa shape index (κ1) is 20.9. The van der Waals surface area contributed by atoms with Gasteiger partial charge in [0.15, 0.2) is 0 Å². The van der Waals surface area contributed by atoms with Crippen molar-refractivity contribution >= 4 is 11.7 Å². The average Bonchev–Trinajstić information content (AvgIpc) is 3.19. The number of carbonyl (C=O) groups excluding carboxylic acids is 1. The highest BCUT2D eigenvalue weighted by Gasteiger charge is 2.26. The van der Waals surface area contributed by atoms with E-state index in [0.717, 1.165) is 39.4 Å². The third-order valence-corrected chi connectivity index (χ3v) is 4.62. The molecule has 1 aliphatic heterocycles. The van der Waals surface area contributed by atoms with E-state index in [4.69, 9.17) is 9.47 Å². The van der Waals surface area contributed by atoms with Crippen LogP contribution in [0.5, 0.6) is 5.75 Å². The van der Waals surface area contributed by atoms with Gasteiger partial charge in [-0.05, 0) is 66.3 Å². The molecule has 0 saturated carbocycles. The SMILES string of the molecule is C=C(C(=CC=C(C)C#Cc1cccc(C)n1)c1ccc(OC)cc1)C1COC(=O)N1. The molecular formula is C25H24N2O3. The molecule has 1 atom stereocenters. The Morgan fingerprint density at radius 3 is 2.67 bits per heavy atom. The number of benzene rings is 1. The maximum Gasteiger partial charge on any atom is 0.407 e. The molecule has 0 aliphatic carbocycles. The predicted molar refractivity (Wildman–Crippen MR) is 118 cm³/mol. The molecule has 1 aromatic carbocycles. The van der Waals surface area contributed by atoms with Gasteiger partial charge < -0.3 is 14.8 Å². The molecule has 152 valence electrons. The van der Waals surface area contributed by atoms with Crippen LogP contribution >= 0.6 is 0 Å². The second-order valence-electron chi connectivity index (χ2n) is 6.89. The first-order valence-electron chi connectivity index (χ1n) is 9.57. The van der Waals surface area contributed by atoms with Gasteiger partial charge in [-0.1, -0.05) is 42.9 Å². The van der Waals surface area contributed by atoms with Gasteiger partial charge in [0, 0.05) is 5.69 Å². The number of cyclic esters (lactones) is 1. The van der Waals surface area contributed by atoms with Crippen LogP contribution in [0.1, 0.15) is 23.9 Å². The number of hydrogen-bond acceptors (Lipinski definition) is 4. The Kier molecular flexibility index (Phi) is 6.71. The van der Waals surface area contributed by atoms with Crippen LogP contribution in [-0.4, -0.2) is 30.8 Å². The lowest BCUT2D eigenvalue weighted by molar-refractivity contribution is 0.177. The van der Waals surface area contributed by atoms with Crippen molar-refractivity contribution in [2.45, 2.75) is 19.9 Å². The van der Waals surface area contributed by atoms with Crippen molar-refractivity contribution in [3.8, 4) is 17.6 Å². The number of ether oxygens (including phenoxy) is 2. The number of amides is 1. The Balaban J connectivity index is 1.90. The second kappa shape index (κ2) is 9.62. The van der Waals surface area contributed by atoms with Crippen LogP contribution in [-0.2, 0) is 4.74 Å². The minimum Gasteiger partial charge on any atom is -0.497 e. The van der Waals surface area contributed by atoms with Gasteiger partial charge in [-0.3, -0.25) is 0 Å². The lowest BCUT2D eigenvalue weighted by atomic mass is 9.93. The molecule has 1 saturated heterocycles. The summed E-state index contributed by atoms with van der Waals surface area (Å²) in [7, 11) is 1.63. The van der Waals surface area contributed by atoms with E-state index in [0.29, 0.717) is 0 Å². The molecule has 1 aliphatic rings. The van der Waals surface area contributed by atoms with Crippen LogP contribution in [0.15, 0.2) is 72.3 Å². The third kappa shape index (κ3) is 5.39. The summed E-state index contributed by atoms with van der Waals surface area (Å²) in [6, 6.07) is 13.2. The van der Waals surface area contributed by atoms with E-state index in [1.807, 2.05) is 68.5 Å². The zero-order valence-corrected chi connectivity index (χ0v) is 17.4. The fraction of sp³-hybridized carbons (Fsp3) is 0.200. The monoisotopic (exact) mass is 400 g/mol. The molecule has 5 heteroatoms. The Morgan fingerprint density at radius 1 is 1.27 bits per heavy atom. The van der Waals surface area contributed by atoms with Gasteiger partial charge in [-0.25, -0.2) is 9.78 Å². The van der Waals surface area contributed by atoms with Crippen molar-refractivity contribution in [3.63, 3.8) is 0 Å². The van der Waals surface area contributed by atoms with E-state index in [9.17, 15) is 4.79 Å². The van der Waals surface area contributed by atoms with Gasteiger partial charge in [0.05, 0.1) is 13.2 Å². The summed E-state index contributed by atoms with van der Waals surface area (Å²) in [5.74, 6) is 6.97. The second-order valence-corrected chi connectivity index (χ2v) is 6.89. The summed E-state index contributed by atoms with van der Waals surface area (Å²) in [5.41, 5.74) is 5.16. The predicted octanol–water partition coefficient (Wildman–Crippen LogP) is 4.44. The van der Waals surface area contributed by atoms with Crippen LogP contribution in [0.4, 0.5) is 4.79 Å². The van der Waals surface area contributed by atoms with Crippen LogP contribution in [0.3, 0.4) is 0 Å². The number of alkyl carbamates (subject to hydrolysis) is 1. The summed E-state index contributed by atoms with van der Waals surface area (Å²) in [4.78, 5) is 15.9. The number of aromatic nitrogens is 1. The molecule has 3 rings (SSSR count). The van der Waals surface area contributed by atoms with Gasteiger partial charge in [-0.2, -0.15) is 0 Å². The topological polar surface area (TPSA) is 60.5 Å². The van der Waals surface area contributed by atoms with Crippen LogP contribution in [0.25, 0.3) is 5.57 Å². The molecule has 0 bridgehead atoms. The molecule has 0 spiro atoms. The summed E-state index contributed by atoms with van der Waals surface area (Å²) in [5, 5.41) is 2.78. The fourth-order valence-electron chi connectivity index (χ4n) is 2.94. The van der Waals surface area contributed by atoms with E-state index in [2.05, 4.69) is 28.7 Å². The van der Waals surface area contributed by atoms with Crippen molar-refractivity contribution < 1.29 is 14.3 Å². The van der Waals surface area contributed by atoms with Gasteiger partial charge in [0.1, 0.15) is 18.1 Å². The van der Waals surface area contributed by atoms with E-state index in [1.165, 1.54) is 0 Å². The summed E-state index contributed by atoms with van der Waals surface area (Å²) in [6.07, 6.45) is 3.46. The van der Waals surface area contributed by atoms with Gasteiger partial charge in [0.25, 0.3) is 0 Å². The maximum atomic E-state index is 11.5. The summed E-state index contributed by atoms with van der Waals surface area (Å²) < 4.78 is 10.3. The first-order valence-corrected chi connectivity index (χ1v) is 9.57. The fourth-order valence-corrected chi connectivity index (χ4v) is 2.94. The number of hydrogen-bond donors (Lipinski definition) is 1. The number of pyridine rings is 1. The van der Waals surface area contributed by atoms with Gasteiger partial charge in [-0.15, -0.1) is 0 Å². The van der Waals surface area contributed by atoms with Crippen molar-refractivity contribution in [2.24, 2.45) is 0 Å². The molecule has 30 heavy (non-hydrogen) atoms. The average molecular weight is 400 g/mol. The van der Waals surface area contributed by atoms with E-state index in [1.54, 1.807) is 7.11 Å². The Hall–Kier alpha value is -3.78. The number of methoxy groups -OCH3 is 1. The molecule has 1 fully saturated rings. The minimum atomic E-state index is -0.432.